The number of para-hydroxylation sites is 1. The monoisotopic (exact) mass is 391 g/mol. The van der Waals surface area contributed by atoms with Gasteiger partial charge in [0.2, 0.25) is 0 Å². The number of hydrogen-bond donors (Lipinski definition) is 3. The normalized spacial score (nSPS) is 17.5. The molecule has 0 aliphatic carbocycles. The minimum Gasteiger partial charge on any atom is -0.351 e. The van der Waals surface area contributed by atoms with Gasteiger partial charge in [0, 0.05) is 35.8 Å². The molecule has 0 unspecified atom stereocenters. The van der Waals surface area contributed by atoms with Gasteiger partial charge in [-0.05, 0) is 18.1 Å². The van der Waals surface area contributed by atoms with Gasteiger partial charge in [-0.1, -0.05) is 18.2 Å². The van der Waals surface area contributed by atoms with Gasteiger partial charge >= 0.3 is 12.2 Å². The van der Waals surface area contributed by atoms with Gasteiger partial charge in [-0.15, -0.1) is 0 Å². The van der Waals surface area contributed by atoms with E-state index in [0.717, 1.165) is 4.90 Å². The molecule has 2 aromatic heterocycles. The molecule has 0 spiro atoms. The Labute approximate surface area is 156 Å². The van der Waals surface area contributed by atoms with E-state index in [9.17, 15) is 22.8 Å². The maximum Gasteiger partial charge on any atom is 0.431 e. The first-order valence-corrected chi connectivity index (χ1v) is 8.60. The maximum absolute atomic E-state index is 13.4. The molecule has 0 bridgehead atoms. The van der Waals surface area contributed by atoms with Gasteiger partial charge in [0.05, 0.1) is 6.33 Å². The van der Waals surface area contributed by atoms with Crippen molar-refractivity contribution in [2.75, 3.05) is 6.54 Å². The molecule has 0 radical (unpaired) electrons. The number of imidazole rings is 1. The molecule has 28 heavy (non-hydrogen) atoms. The predicted octanol–water partition coefficient (Wildman–Crippen LogP) is 2.62. The van der Waals surface area contributed by atoms with Gasteiger partial charge in [0.1, 0.15) is 11.7 Å². The molecule has 1 atom stereocenters. The van der Waals surface area contributed by atoms with Crippen molar-refractivity contribution in [3.8, 4) is 0 Å². The lowest BCUT2D eigenvalue weighted by atomic mass is 10.1. The molecule has 1 saturated heterocycles. The quantitative estimate of drug-likeness (QED) is 0.584. The lowest BCUT2D eigenvalue weighted by Gasteiger charge is -2.14. The van der Waals surface area contributed by atoms with E-state index in [1.54, 1.807) is 30.5 Å². The summed E-state index contributed by atoms with van der Waals surface area (Å²) in [5, 5.41) is 2.99. The van der Waals surface area contributed by atoms with Crippen LogP contribution in [-0.2, 0) is 23.8 Å². The van der Waals surface area contributed by atoms with Gasteiger partial charge in [0.15, 0.2) is 0 Å². The molecule has 3 heterocycles. The lowest BCUT2D eigenvalue weighted by Crippen LogP contribution is -2.34. The second-order valence-electron chi connectivity index (χ2n) is 6.54. The van der Waals surface area contributed by atoms with Crippen molar-refractivity contribution in [2.24, 2.45) is 0 Å². The number of amides is 3. The largest absolute Gasteiger partial charge is 0.431 e. The summed E-state index contributed by atoms with van der Waals surface area (Å²) >= 11 is 0. The van der Waals surface area contributed by atoms with Crippen molar-refractivity contribution < 1.29 is 22.8 Å². The minimum absolute atomic E-state index is 0.0423. The molecule has 1 aliphatic heterocycles. The van der Waals surface area contributed by atoms with E-state index in [1.165, 1.54) is 6.33 Å². The van der Waals surface area contributed by atoms with Gasteiger partial charge < -0.3 is 15.3 Å². The number of rotatable bonds is 5. The van der Waals surface area contributed by atoms with Crippen LogP contribution in [0, 0.1) is 0 Å². The number of nitrogens with zero attached hydrogens (tertiary/aromatic N) is 2. The highest BCUT2D eigenvalue weighted by Crippen LogP contribution is 2.35. The SMILES string of the molecule is O=C1N[C@@H](Cc2cnc[nH]2)C(=O)N1CCc1c(C(F)(F)F)[nH]c2ccccc12. The van der Waals surface area contributed by atoms with Crippen LogP contribution in [0.4, 0.5) is 18.0 Å². The number of carbonyl (C=O) groups is 2. The summed E-state index contributed by atoms with van der Waals surface area (Å²) in [6, 6.07) is 5.06. The number of imide groups is 1. The fourth-order valence-corrected chi connectivity index (χ4v) is 3.47. The van der Waals surface area contributed by atoms with Crippen molar-refractivity contribution in [3.63, 3.8) is 0 Å². The third kappa shape index (κ3) is 3.21. The van der Waals surface area contributed by atoms with Crippen molar-refractivity contribution >= 4 is 22.8 Å². The number of aromatic nitrogens is 3. The van der Waals surface area contributed by atoms with E-state index in [2.05, 4.69) is 20.3 Å². The zero-order chi connectivity index (χ0) is 19.9. The molecule has 3 N–H and O–H groups in total. The molecule has 3 aromatic rings. The van der Waals surface area contributed by atoms with Crippen molar-refractivity contribution in [3.05, 3.63) is 53.7 Å². The van der Waals surface area contributed by atoms with Gasteiger partial charge in [0.25, 0.3) is 5.91 Å². The average Bonchev–Trinajstić information content (AvgIpc) is 3.33. The molecule has 0 saturated carbocycles. The van der Waals surface area contributed by atoms with Crippen LogP contribution < -0.4 is 5.32 Å². The van der Waals surface area contributed by atoms with Crippen LogP contribution in [0.25, 0.3) is 10.9 Å². The topological polar surface area (TPSA) is 93.9 Å². The van der Waals surface area contributed by atoms with E-state index >= 15 is 0 Å². The summed E-state index contributed by atoms with van der Waals surface area (Å²) in [6.45, 7) is -0.144. The molecular formula is C18H16F3N5O2. The number of benzene rings is 1. The van der Waals surface area contributed by atoms with Crippen LogP contribution in [0.15, 0.2) is 36.8 Å². The number of H-pyrrole nitrogens is 2. The molecule has 146 valence electrons. The molecular weight excluding hydrogens is 375 g/mol. The third-order valence-corrected chi connectivity index (χ3v) is 4.77. The standard InChI is InChI=1S/C18H16F3N5O2/c19-18(20,21)15-12(11-3-1-2-4-13(11)24-15)5-6-26-16(27)14(25-17(26)28)7-10-8-22-9-23-10/h1-4,8-9,14,24H,5-7H2,(H,22,23)(H,25,28)/t14-/m0/s1. The second kappa shape index (κ2) is 6.70. The van der Waals surface area contributed by atoms with Crippen LogP contribution in [0.2, 0.25) is 0 Å². The fourth-order valence-electron chi connectivity index (χ4n) is 3.47. The van der Waals surface area contributed by atoms with Crippen molar-refractivity contribution in [1.82, 2.24) is 25.2 Å². The number of alkyl halides is 3. The van der Waals surface area contributed by atoms with Crippen LogP contribution in [0.1, 0.15) is 17.0 Å². The zero-order valence-corrected chi connectivity index (χ0v) is 14.5. The average molecular weight is 391 g/mol. The maximum atomic E-state index is 13.4. The van der Waals surface area contributed by atoms with Gasteiger partial charge in [-0.25, -0.2) is 9.78 Å². The van der Waals surface area contributed by atoms with Crippen LogP contribution in [0.5, 0.6) is 0 Å². The predicted molar refractivity (Wildman–Crippen MR) is 93.3 cm³/mol. The Morgan fingerprint density at radius 2 is 1.96 bits per heavy atom. The molecule has 1 aromatic carbocycles. The first kappa shape index (κ1) is 18.1. The molecule has 1 aliphatic rings. The Morgan fingerprint density at radius 3 is 2.68 bits per heavy atom. The molecule has 4 rings (SSSR count). The summed E-state index contributed by atoms with van der Waals surface area (Å²) in [4.78, 5) is 34.8. The molecule has 10 heteroatoms. The molecule has 1 fully saturated rings. The van der Waals surface area contributed by atoms with Crippen LogP contribution in [0.3, 0.4) is 0 Å². The zero-order valence-electron chi connectivity index (χ0n) is 14.5. The Balaban J connectivity index is 1.54. The minimum atomic E-state index is -4.56. The van der Waals surface area contributed by atoms with Gasteiger partial charge in [-0.3, -0.25) is 9.69 Å². The fraction of sp³-hybridized carbons (Fsp3) is 0.278. The van der Waals surface area contributed by atoms with Crippen molar-refractivity contribution in [2.45, 2.75) is 25.1 Å². The third-order valence-electron chi connectivity index (χ3n) is 4.77. The van der Waals surface area contributed by atoms with E-state index in [0.29, 0.717) is 16.6 Å². The number of urea groups is 1. The number of hydrogen-bond acceptors (Lipinski definition) is 3. The highest BCUT2D eigenvalue weighted by atomic mass is 19.4. The first-order chi connectivity index (χ1) is 13.3. The summed E-state index contributed by atoms with van der Waals surface area (Å²) in [6.07, 6.45) is -1.42. The Morgan fingerprint density at radius 1 is 1.18 bits per heavy atom. The van der Waals surface area contributed by atoms with Crippen molar-refractivity contribution in [1.29, 1.82) is 0 Å². The molecule has 7 nitrogen and oxygen atoms in total. The lowest BCUT2D eigenvalue weighted by molar-refractivity contribution is -0.141. The number of fused-ring (bicyclic) bond motifs is 1. The number of nitrogens with one attached hydrogen (secondary N) is 3. The van der Waals surface area contributed by atoms with E-state index < -0.39 is 29.9 Å². The summed E-state index contributed by atoms with van der Waals surface area (Å²) in [5.74, 6) is -0.465. The second-order valence-corrected chi connectivity index (χ2v) is 6.54. The first-order valence-electron chi connectivity index (χ1n) is 8.60. The van der Waals surface area contributed by atoms with Gasteiger partial charge in [-0.2, -0.15) is 13.2 Å². The summed E-state index contributed by atoms with van der Waals surface area (Å²) < 4.78 is 40.2. The highest BCUT2D eigenvalue weighted by Gasteiger charge is 2.40. The Bertz CT molecular complexity index is 1030. The van der Waals surface area contributed by atoms with Crippen LogP contribution >= 0.6 is 0 Å². The number of halogens is 3. The highest BCUT2D eigenvalue weighted by molar-refractivity contribution is 6.04. The summed E-state index contributed by atoms with van der Waals surface area (Å²) in [5.41, 5.74) is 0.228. The number of aromatic amines is 2. The van der Waals surface area contributed by atoms with E-state index in [1.807, 2.05) is 0 Å². The van der Waals surface area contributed by atoms with E-state index in [-0.39, 0.29) is 24.9 Å². The van der Waals surface area contributed by atoms with E-state index in [4.69, 9.17) is 0 Å². The Kier molecular flexibility index (Phi) is 4.33. The number of carbonyl (C=O) groups excluding carboxylic acids is 2. The smallest absolute Gasteiger partial charge is 0.351 e. The summed E-state index contributed by atoms with van der Waals surface area (Å²) in [7, 11) is 0. The molecule has 3 amide bonds. The Hall–Kier alpha value is -3.30. The van der Waals surface area contributed by atoms with Crippen LogP contribution in [-0.4, -0.2) is 44.4 Å².